The van der Waals surface area contributed by atoms with Gasteiger partial charge in [-0.1, -0.05) is 248 Å². The van der Waals surface area contributed by atoms with Gasteiger partial charge in [0.05, 0.1) is 27.7 Å². The molecule has 0 aromatic carbocycles. The lowest BCUT2D eigenvalue weighted by Crippen LogP contribution is -2.37. The van der Waals surface area contributed by atoms with Crippen LogP contribution in [0.25, 0.3) is 0 Å². The normalized spacial score (nSPS) is 13.7. The number of hydrogen-bond acceptors (Lipinski definition) is 7. The number of esters is 2. The van der Waals surface area contributed by atoms with E-state index in [9.17, 15) is 19.0 Å². The Labute approximate surface area is 432 Å². The number of phosphoric acid groups is 1. The molecular formula is C60H111NO8P+. The van der Waals surface area contributed by atoms with Gasteiger partial charge in [0.2, 0.25) is 0 Å². The second kappa shape index (κ2) is 51.6. The number of quaternary nitrogens is 1. The maximum absolute atomic E-state index is 12.8. The van der Waals surface area contributed by atoms with Crippen molar-refractivity contribution in [2.75, 3.05) is 47.5 Å². The second-order valence-electron chi connectivity index (χ2n) is 20.7. The zero-order chi connectivity index (χ0) is 51.3. The number of nitrogens with zero attached hydrogens (tertiary/aromatic N) is 1. The maximum atomic E-state index is 12.8. The Balaban J connectivity index is 4.16. The highest BCUT2D eigenvalue weighted by molar-refractivity contribution is 7.47. The first-order valence-corrected chi connectivity index (χ1v) is 30.5. The third-order valence-corrected chi connectivity index (χ3v) is 13.5. The summed E-state index contributed by atoms with van der Waals surface area (Å²) in [5, 5.41) is 0. The van der Waals surface area contributed by atoms with Crippen molar-refractivity contribution in [1.29, 1.82) is 0 Å². The highest BCUT2D eigenvalue weighted by atomic mass is 31.2. The lowest BCUT2D eigenvalue weighted by atomic mass is 10.0. The fourth-order valence-electron chi connectivity index (χ4n) is 8.10. The van der Waals surface area contributed by atoms with Crippen molar-refractivity contribution < 1.29 is 42.1 Å². The third-order valence-electron chi connectivity index (χ3n) is 12.6. The standard InChI is InChI=1S/C60H110NO8P/c1-6-8-10-12-14-16-18-20-22-24-26-27-28-29-30-31-32-33-35-37-39-41-43-45-47-49-51-53-60(63)69-58(57-68-70(64,65)67-55-54-61(3,4)5)56-66-59(62)52-50-48-46-44-42-40-38-36-34-25-23-21-19-17-15-13-11-9-7-2/h8,10,14,16,20,22,26-27,29-30,58H,6-7,9,11-13,15,17-19,21,23-25,28,31-57H2,1-5H3/p+1/b10-8-,16-14-,22-20-,27-26-,30-29-. The van der Waals surface area contributed by atoms with Gasteiger partial charge in [-0.15, -0.1) is 0 Å². The third kappa shape index (κ3) is 55.0. The average molecular weight is 1010 g/mol. The zero-order valence-electron chi connectivity index (χ0n) is 46.2. The first-order valence-electron chi connectivity index (χ1n) is 29.0. The van der Waals surface area contributed by atoms with Crippen molar-refractivity contribution >= 4 is 19.8 Å². The first-order chi connectivity index (χ1) is 34.0. The number of allylic oxidation sites excluding steroid dienone is 10. The van der Waals surface area contributed by atoms with Gasteiger partial charge < -0.3 is 18.9 Å². The van der Waals surface area contributed by atoms with Crippen molar-refractivity contribution in [2.45, 2.75) is 264 Å². The summed E-state index contributed by atoms with van der Waals surface area (Å²) < 4.78 is 34.6. The fourth-order valence-corrected chi connectivity index (χ4v) is 8.84. The molecule has 0 rings (SSSR count). The van der Waals surface area contributed by atoms with Gasteiger partial charge in [0.1, 0.15) is 19.8 Å². The predicted octanol–water partition coefficient (Wildman–Crippen LogP) is 17.9. The highest BCUT2D eigenvalue weighted by Gasteiger charge is 2.27. The van der Waals surface area contributed by atoms with Gasteiger partial charge in [-0.05, 0) is 57.8 Å². The number of likely N-dealkylation sites (N-methyl/N-ethyl adjacent to an activating group) is 1. The Morgan fingerprint density at radius 1 is 0.457 bits per heavy atom. The van der Waals surface area contributed by atoms with Crippen LogP contribution in [0.1, 0.15) is 258 Å². The fraction of sp³-hybridized carbons (Fsp3) is 0.800. The highest BCUT2D eigenvalue weighted by Crippen LogP contribution is 2.43. The van der Waals surface area contributed by atoms with Gasteiger partial charge >= 0.3 is 19.8 Å². The van der Waals surface area contributed by atoms with Crippen LogP contribution in [0.2, 0.25) is 0 Å². The summed E-state index contributed by atoms with van der Waals surface area (Å²) in [6, 6.07) is 0. The number of phosphoric ester groups is 1. The van der Waals surface area contributed by atoms with Crippen molar-refractivity contribution in [1.82, 2.24) is 0 Å². The molecule has 70 heavy (non-hydrogen) atoms. The van der Waals surface area contributed by atoms with E-state index in [0.717, 1.165) is 70.6 Å². The lowest BCUT2D eigenvalue weighted by Gasteiger charge is -2.24. The molecule has 0 fully saturated rings. The van der Waals surface area contributed by atoms with E-state index >= 15 is 0 Å². The topological polar surface area (TPSA) is 108 Å². The Morgan fingerprint density at radius 2 is 0.814 bits per heavy atom. The molecular weight excluding hydrogens is 894 g/mol. The smallest absolute Gasteiger partial charge is 0.462 e. The number of rotatable bonds is 53. The summed E-state index contributed by atoms with van der Waals surface area (Å²) in [5.74, 6) is -0.792. The van der Waals surface area contributed by atoms with Gasteiger partial charge in [0.25, 0.3) is 0 Å². The van der Waals surface area contributed by atoms with Gasteiger partial charge in [-0.25, -0.2) is 4.57 Å². The van der Waals surface area contributed by atoms with Crippen LogP contribution in [-0.2, 0) is 32.7 Å². The minimum atomic E-state index is -4.39. The summed E-state index contributed by atoms with van der Waals surface area (Å²) in [6.45, 7) is 4.35. The van der Waals surface area contributed by atoms with E-state index in [1.165, 1.54) is 154 Å². The molecule has 0 aromatic heterocycles. The molecule has 0 aliphatic carbocycles. The monoisotopic (exact) mass is 1000 g/mol. The lowest BCUT2D eigenvalue weighted by molar-refractivity contribution is -0.870. The van der Waals surface area contributed by atoms with Gasteiger partial charge in [0, 0.05) is 12.8 Å². The molecule has 0 aliphatic heterocycles. The first kappa shape index (κ1) is 67.7. The van der Waals surface area contributed by atoms with Gasteiger partial charge in [-0.2, -0.15) is 0 Å². The Kier molecular flexibility index (Phi) is 49.9. The Hall–Kier alpha value is -2.29. The van der Waals surface area contributed by atoms with E-state index in [1.54, 1.807) is 0 Å². The summed E-state index contributed by atoms with van der Waals surface area (Å²) >= 11 is 0. The number of hydrogen-bond donors (Lipinski definition) is 1. The molecule has 0 saturated carbocycles. The maximum Gasteiger partial charge on any atom is 0.472 e. The molecule has 10 heteroatoms. The molecule has 2 unspecified atom stereocenters. The SMILES string of the molecule is CC/C=C\C/C=C\C/C=C\C/C=C\C/C=C\CCCCCCCCCCCCCC(=O)OC(COC(=O)CCCCCCCCCCCCCCCCCCCCC)COP(=O)(O)OCC[N+](C)(C)C. The van der Waals surface area contributed by atoms with Crippen LogP contribution in [0.15, 0.2) is 60.8 Å². The summed E-state index contributed by atoms with van der Waals surface area (Å²) in [7, 11) is 1.48. The van der Waals surface area contributed by atoms with E-state index in [0.29, 0.717) is 23.9 Å². The molecule has 0 saturated heterocycles. The second-order valence-corrected chi connectivity index (χ2v) is 22.1. The molecule has 408 valence electrons. The van der Waals surface area contributed by atoms with Crippen molar-refractivity contribution in [3.63, 3.8) is 0 Å². The van der Waals surface area contributed by atoms with Crippen LogP contribution in [0, 0.1) is 0 Å². The summed E-state index contributed by atoms with van der Waals surface area (Å²) in [4.78, 5) is 35.7. The quantitative estimate of drug-likeness (QED) is 0.0211. The van der Waals surface area contributed by atoms with E-state index in [2.05, 4.69) is 74.6 Å². The molecule has 1 N–H and O–H groups in total. The number of carbonyl (C=O) groups excluding carboxylic acids is 2. The van der Waals surface area contributed by atoms with Crippen LogP contribution >= 0.6 is 7.82 Å². The van der Waals surface area contributed by atoms with Crippen molar-refractivity contribution in [2.24, 2.45) is 0 Å². The number of ether oxygens (including phenoxy) is 2. The molecule has 0 aromatic rings. The van der Waals surface area contributed by atoms with E-state index in [4.69, 9.17) is 18.5 Å². The van der Waals surface area contributed by atoms with Gasteiger partial charge in [0.15, 0.2) is 6.10 Å². The number of carbonyl (C=O) groups is 2. The molecule has 2 atom stereocenters. The molecule has 0 radical (unpaired) electrons. The zero-order valence-corrected chi connectivity index (χ0v) is 47.1. The number of unbranched alkanes of at least 4 members (excludes halogenated alkanes) is 29. The Morgan fingerprint density at radius 3 is 1.21 bits per heavy atom. The molecule has 0 spiro atoms. The van der Waals surface area contributed by atoms with E-state index in [-0.39, 0.29) is 25.6 Å². The van der Waals surface area contributed by atoms with Crippen LogP contribution in [0.5, 0.6) is 0 Å². The molecule has 0 amide bonds. The van der Waals surface area contributed by atoms with Crippen molar-refractivity contribution in [3.05, 3.63) is 60.8 Å². The average Bonchev–Trinajstić information content (AvgIpc) is 3.32. The summed E-state index contributed by atoms with van der Waals surface area (Å²) in [5.41, 5.74) is 0. The predicted molar refractivity (Wildman–Crippen MR) is 298 cm³/mol. The van der Waals surface area contributed by atoms with Gasteiger partial charge in [-0.3, -0.25) is 18.6 Å². The largest absolute Gasteiger partial charge is 0.472 e. The van der Waals surface area contributed by atoms with Crippen molar-refractivity contribution in [3.8, 4) is 0 Å². The van der Waals surface area contributed by atoms with Crippen LogP contribution in [0.3, 0.4) is 0 Å². The molecule has 0 heterocycles. The van der Waals surface area contributed by atoms with Crippen LogP contribution < -0.4 is 0 Å². The Bertz CT molecular complexity index is 1370. The van der Waals surface area contributed by atoms with Crippen LogP contribution in [0.4, 0.5) is 0 Å². The minimum absolute atomic E-state index is 0.0309. The molecule has 0 aliphatic rings. The molecule has 9 nitrogen and oxygen atoms in total. The summed E-state index contributed by atoms with van der Waals surface area (Å²) in [6.07, 6.45) is 65.7. The minimum Gasteiger partial charge on any atom is -0.462 e. The molecule has 0 bridgehead atoms. The van der Waals surface area contributed by atoms with E-state index < -0.39 is 26.5 Å². The van der Waals surface area contributed by atoms with Crippen LogP contribution in [-0.4, -0.2) is 74.9 Å². The van der Waals surface area contributed by atoms with E-state index in [1.807, 2.05) is 21.1 Å².